The van der Waals surface area contributed by atoms with Gasteiger partial charge in [0, 0.05) is 23.2 Å². The van der Waals surface area contributed by atoms with Crippen LogP contribution < -0.4 is 0 Å². The van der Waals surface area contributed by atoms with Crippen molar-refractivity contribution in [3.63, 3.8) is 0 Å². The first kappa shape index (κ1) is 10.5. The van der Waals surface area contributed by atoms with Crippen LogP contribution in [0.4, 0.5) is 0 Å². The molecular weight excluding hydrogens is 200 g/mol. The van der Waals surface area contributed by atoms with E-state index in [1.807, 2.05) is 24.5 Å². The highest BCUT2D eigenvalue weighted by Gasteiger charge is 2.04. The molecule has 0 saturated carbocycles. The summed E-state index contributed by atoms with van der Waals surface area (Å²) in [6.45, 7) is 2.11. The molecule has 16 heavy (non-hydrogen) atoms. The van der Waals surface area contributed by atoms with Gasteiger partial charge >= 0.3 is 0 Å². The Morgan fingerprint density at radius 2 is 1.62 bits per heavy atom. The van der Waals surface area contributed by atoms with Crippen molar-refractivity contribution < 1.29 is 5.48 Å². The van der Waals surface area contributed by atoms with Crippen molar-refractivity contribution in [3.8, 4) is 0 Å². The molecule has 1 aromatic carbocycles. The molecule has 80 valence electrons. The standard InChI is InChI=1S/C13H10N2.H2O/c1-9-8-10-4-2-6-14-12(10)13-11(9)5-3-7-15-13;/h2-8H,1H3;1H2. The first-order valence-electron chi connectivity index (χ1n) is 4.95. The molecule has 2 aromatic heterocycles. The van der Waals surface area contributed by atoms with Crippen molar-refractivity contribution in [1.82, 2.24) is 9.97 Å². The van der Waals surface area contributed by atoms with Crippen LogP contribution in [0, 0.1) is 6.92 Å². The minimum atomic E-state index is 0. The van der Waals surface area contributed by atoms with Gasteiger partial charge in [-0.1, -0.05) is 12.1 Å². The van der Waals surface area contributed by atoms with E-state index in [1.54, 1.807) is 0 Å². The maximum atomic E-state index is 4.41. The fraction of sp³-hybridized carbons (Fsp3) is 0.0769. The number of aryl methyl sites for hydroxylation is 1. The fourth-order valence-electron chi connectivity index (χ4n) is 1.96. The zero-order valence-electron chi connectivity index (χ0n) is 8.94. The van der Waals surface area contributed by atoms with Crippen LogP contribution in [0.15, 0.2) is 42.7 Å². The quantitative estimate of drug-likeness (QED) is 0.537. The van der Waals surface area contributed by atoms with Gasteiger partial charge in [0.1, 0.15) is 0 Å². The van der Waals surface area contributed by atoms with Gasteiger partial charge in [0.15, 0.2) is 0 Å². The third kappa shape index (κ3) is 1.42. The van der Waals surface area contributed by atoms with E-state index in [2.05, 4.69) is 35.1 Å². The summed E-state index contributed by atoms with van der Waals surface area (Å²) in [5.41, 5.74) is 3.23. The minimum Gasteiger partial charge on any atom is -0.412 e. The first-order valence-corrected chi connectivity index (χ1v) is 4.95. The van der Waals surface area contributed by atoms with Crippen LogP contribution >= 0.6 is 0 Å². The summed E-state index contributed by atoms with van der Waals surface area (Å²) in [7, 11) is 0. The molecule has 0 aliphatic rings. The maximum absolute atomic E-state index is 4.41. The van der Waals surface area contributed by atoms with E-state index in [9.17, 15) is 0 Å². The highest BCUT2D eigenvalue weighted by atomic mass is 16.0. The number of pyridine rings is 2. The molecule has 0 saturated heterocycles. The van der Waals surface area contributed by atoms with Gasteiger partial charge in [-0.15, -0.1) is 0 Å². The number of benzene rings is 1. The third-order valence-corrected chi connectivity index (χ3v) is 2.67. The molecule has 0 unspecified atom stereocenters. The van der Waals surface area contributed by atoms with Crippen LogP contribution in [0.25, 0.3) is 21.8 Å². The van der Waals surface area contributed by atoms with Gasteiger partial charge < -0.3 is 5.48 Å². The van der Waals surface area contributed by atoms with Crippen LogP contribution in [-0.4, -0.2) is 15.4 Å². The molecule has 3 rings (SSSR count). The lowest BCUT2D eigenvalue weighted by Gasteiger charge is -2.04. The average molecular weight is 212 g/mol. The molecule has 0 aliphatic heterocycles. The van der Waals surface area contributed by atoms with Gasteiger partial charge in [0.2, 0.25) is 0 Å². The predicted octanol–water partition coefficient (Wildman–Crippen LogP) is 2.27. The number of hydrogen-bond donors (Lipinski definition) is 0. The normalized spacial score (nSPS) is 10.3. The summed E-state index contributed by atoms with van der Waals surface area (Å²) in [5, 5.41) is 2.34. The Kier molecular flexibility index (Phi) is 2.54. The van der Waals surface area contributed by atoms with Crippen LogP contribution in [0.5, 0.6) is 0 Å². The summed E-state index contributed by atoms with van der Waals surface area (Å²) in [6.07, 6.45) is 3.63. The van der Waals surface area contributed by atoms with E-state index in [0.29, 0.717) is 0 Å². The van der Waals surface area contributed by atoms with E-state index in [0.717, 1.165) is 16.4 Å². The lowest BCUT2D eigenvalue weighted by molar-refractivity contribution is 0.824. The molecule has 0 aliphatic carbocycles. The van der Waals surface area contributed by atoms with Gasteiger partial charge in [-0.2, -0.15) is 0 Å². The second-order valence-corrected chi connectivity index (χ2v) is 3.67. The second kappa shape index (κ2) is 3.87. The van der Waals surface area contributed by atoms with Gasteiger partial charge in [0.05, 0.1) is 11.0 Å². The highest BCUT2D eigenvalue weighted by Crippen LogP contribution is 2.24. The number of rotatable bonds is 0. The zero-order chi connectivity index (χ0) is 10.3. The SMILES string of the molecule is Cc1cc2cccnc2c2ncccc12.O. The van der Waals surface area contributed by atoms with E-state index in [1.165, 1.54) is 10.9 Å². The Balaban J connectivity index is 0.000000963. The molecule has 2 heterocycles. The highest BCUT2D eigenvalue weighted by molar-refractivity contribution is 6.04. The number of aromatic nitrogens is 2. The largest absolute Gasteiger partial charge is 0.412 e. The van der Waals surface area contributed by atoms with Crippen LogP contribution in [0.3, 0.4) is 0 Å². The number of fused-ring (bicyclic) bond motifs is 3. The zero-order valence-corrected chi connectivity index (χ0v) is 8.94. The van der Waals surface area contributed by atoms with Crippen molar-refractivity contribution in [2.75, 3.05) is 0 Å². The molecule has 3 aromatic rings. The lowest BCUT2D eigenvalue weighted by Crippen LogP contribution is -1.86. The Morgan fingerprint density at radius 1 is 0.938 bits per heavy atom. The Labute approximate surface area is 93.1 Å². The predicted molar refractivity (Wildman–Crippen MR) is 65.4 cm³/mol. The van der Waals surface area contributed by atoms with Gasteiger partial charge in [0.25, 0.3) is 0 Å². The molecular formula is C13H12N2O. The lowest BCUT2D eigenvalue weighted by atomic mass is 10.1. The van der Waals surface area contributed by atoms with Crippen LogP contribution in [0.1, 0.15) is 5.56 Å². The van der Waals surface area contributed by atoms with Crippen molar-refractivity contribution in [2.45, 2.75) is 6.92 Å². The van der Waals surface area contributed by atoms with Gasteiger partial charge in [-0.25, -0.2) is 0 Å². The molecule has 2 N–H and O–H groups in total. The van der Waals surface area contributed by atoms with Crippen molar-refractivity contribution >= 4 is 21.8 Å². The fourth-order valence-corrected chi connectivity index (χ4v) is 1.96. The van der Waals surface area contributed by atoms with Crippen molar-refractivity contribution in [2.24, 2.45) is 0 Å². The summed E-state index contributed by atoms with van der Waals surface area (Å²) in [4.78, 5) is 8.80. The molecule has 0 bridgehead atoms. The van der Waals surface area contributed by atoms with Gasteiger partial charge in [-0.3, -0.25) is 9.97 Å². The second-order valence-electron chi connectivity index (χ2n) is 3.67. The van der Waals surface area contributed by atoms with E-state index in [4.69, 9.17) is 0 Å². The van der Waals surface area contributed by atoms with Crippen LogP contribution in [-0.2, 0) is 0 Å². The van der Waals surface area contributed by atoms with E-state index in [-0.39, 0.29) is 5.48 Å². The molecule has 3 nitrogen and oxygen atoms in total. The Morgan fingerprint density at radius 3 is 2.44 bits per heavy atom. The van der Waals surface area contributed by atoms with Crippen LogP contribution in [0.2, 0.25) is 0 Å². The van der Waals surface area contributed by atoms with E-state index < -0.39 is 0 Å². The summed E-state index contributed by atoms with van der Waals surface area (Å²) in [6, 6.07) is 10.2. The summed E-state index contributed by atoms with van der Waals surface area (Å²) < 4.78 is 0. The average Bonchev–Trinajstić information content (AvgIpc) is 2.30. The van der Waals surface area contributed by atoms with Gasteiger partial charge in [-0.05, 0) is 30.7 Å². The van der Waals surface area contributed by atoms with Crippen molar-refractivity contribution in [1.29, 1.82) is 0 Å². The smallest absolute Gasteiger partial charge is 0.0967 e. The minimum absolute atomic E-state index is 0. The van der Waals surface area contributed by atoms with E-state index >= 15 is 0 Å². The third-order valence-electron chi connectivity index (χ3n) is 2.67. The van der Waals surface area contributed by atoms with Crippen molar-refractivity contribution in [3.05, 3.63) is 48.3 Å². The monoisotopic (exact) mass is 212 g/mol. The molecule has 0 amide bonds. The summed E-state index contributed by atoms with van der Waals surface area (Å²) >= 11 is 0. The first-order chi connectivity index (χ1) is 7.36. The summed E-state index contributed by atoms with van der Waals surface area (Å²) in [5.74, 6) is 0. The number of nitrogens with zero attached hydrogens (tertiary/aromatic N) is 2. The Bertz CT molecular complexity index is 650. The molecule has 0 spiro atoms. The molecule has 0 atom stereocenters. The number of hydrogen-bond acceptors (Lipinski definition) is 2. The molecule has 3 heteroatoms. The Hall–Kier alpha value is -2.00. The molecule has 0 fully saturated rings. The maximum Gasteiger partial charge on any atom is 0.0967 e. The topological polar surface area (TPSA) is 57.3 Å². The molecule has 0 radical (unpaired) electrons.